The maximum absolute atomic E-state index is 12.9. The first-order chi connectivity index (χ1) is 12.2. The van der Waals surface area contributed by atoms with Gasteiger partial charge in [-0.05, 0) is 36.2 Å². The lowest BCUT2D eigenvalue weighted by molar-refractivity contribution is 0.123. The lowest BCUT2D eigenvalue weighted by Crippen LogP contribution is -2.37. The Morgan fingerprint density at radius 3 is 2.56 bits per heavy atom. The van der Waals surface area contributed by atoms with Crippen LogP contribution in [0, 0.1) is 5.82 Å². The van der Waals surface area contributed by atoms with Crippen molar-refractivity contribution in [1.29, 1.82) is 0 Å². The van der Waals surface area contributed by atoms with Crippen molar-refractivity contribution in [2.45, 2.75) is 6.42 Å². The average molecular weight is 343 g/mol. The van der Waals surface area contributed by atoms with Crippen molar-refractivity contribution in [3.63, 3.8) is 0 Å². The molecule has 0 aromatic heterocycles. The minimum absolute atomic E-state index is 0.247. The number of urea groups is 1. The predicted octanol–water partition coefficient (Wildman–Crippen LogP) is 3.03. The van der Waals surface area contributed by atoms with Crippen molar-refractivity contribution in [3.8, 4) is 0 Å². The third-order valence-corrected chi connectivity index (χ3v) is 4.12. The Hall–Kier alpha value is -2.60. The molecule has 5 nitrogen and oxygen atoms in total. The van der Waals surface area contributed by atoms with E-state index in [0.29, 0.717) is 26.2 Å². The maximum Gasteiger partial charge on any atom is 0.319 e. The number of halogens is 1. The molecule has 2 aromatic rings. The van der Waals surface area contributed by atoms with Crippen LogP contribution in [0.3, 0.4) is 0 Å². The van der Waals surface area contributed by atoms with Gasteiger partial charge in [-0.15, -0.1) is 0 Å². The molecule has 1 heterocycles. The van der Waals surface area contributed by atoms with Gasteiger partial charge >= 0.3 is 6.03 Å². The number of para-hydroxylation sites is 2. The molecule has 0 unspecified atom stereocenters. The van der Waals surface area contributed by atoms with Crippen LogP contribution in [-0.4, -0.2) is 38.9 Å². The van der Waals surface area contributed by atoms with Crippen LogP contribution in [0.5, 0.6) is 0 Å². The molecule has 3 rings (SSSR count). The van der Waals surface area contributed by atoms with E-state index in [9.17, 15) is 9.18 Å². The van der Waals surface area contributed by atoms with Gasteiger partial charge in [-0.3, -0.25) is 0 Å². The molecule has 0 radical (unpaired) electrons. The summed E-state index contributed by atoms with van der Waals surface area (Å²) in [6.45, 7) is 3.49. The van der Waals surface area contributed by atoms with E-state index in [1.54, 1.807) is 12.1 Å². The fourth-order valence-electron chi connectivity index (χ4n) is 2.80. The zero-order valence-electron chi connectivity index (χ0n) is 14.0. The second-order valence-corrected chi connectivity index (χ2v) is 5.87. The molecule has 25 heavy (non-hydrogen) atoms. The molecule has 132 valence electrons. The third kappa shape index (κ3) is 4.93. The quantitative estimate of drug-likeness (QED) is 0.877. The largest absolute Gasteiger partial charge is 0.378 e. The monoisotopic (exact) mass is 343 g/mol. The van der Waals surface area contributed by atoms with Crippen LogP contribution in [0.15, 0.2) is 48.5 Å². The van der Waals surface area contributed by atoms with Gasteiger partial charge in [0.05, 0.1) is 24.6 Å². The summed E-state index contributed by atoms with van der Waals surface area (Å²) in [7, 11) is 0. The highest BCUT2D eigenvalue weighted by Crippen LogP contribution is 2.26. The number of amides is 2. The smallest absolute Gasteiger partial charge is 0.319 e. The second-order valence-electron chi connectivity index (χ2n) is 5.87. The summed E-state index contributed by atoms with van der Waals surface area (Å²) in [4.78, 5) is 14.4. The van der Waals surface area contributed by atoms with Gasteiger partial charge in [0.2, 0.25) is 0 Å². The number of morpholine rings is 1. The number of hydrogen-bond donors (Lipinski definition) is 2. The highest BCUT2D eigenvalue weighted by molar-refractivity contribution is 5.93. The van der Waals surface area contributed by atoms with E-state index in [2.05, 4.69) is 15.5 Å². The maximum atomic E-state index is 12.9. The molecular formula is C19H22FN3O2. The molecular weight excluding hydrogens is 321 g/mol. The van der Waals surface area contributed by atoms with E-state index in [1.807, 2.05) is 24.3 Å². The first-order valence-corrected chi connectivity index (χ1v) is 8.43. The molecule has 0 atom stereocenters. The highest BCUT2D eigenvalue weighted by atomic mass is 19.1. The van der Waals surface area contributed by atoms with Crippen molar-refractivity contribution in [2.75, 3.05) is 43.1 Å². The molecule has 6 heteroatoms. The molecule has 1 aliphatic rings. The topological polar surface area (TPSA) is 53.6 Å². The van der Waals surface area contributed by atoms with Crippen molar-refractivity contribution < 1.29 is 13.9 Å². The lowest BCUT2D eigenvalue weighted by Gasteiger charge is -2.30. The minimum atomic E-state index is -0.255. The Balaban J connectivity index is 1.53. The number of ether oxygens (including phenoxy) is 1. The Morgan fingerprint density at radius 1 is 1.08 bits per heavy atom. The number of carbonyl (C=O) groups excluding carboxylic acids is 1. The molecule has 2 amide bonds. The average Bonchev–Trinajstić information content (AvgIpc) is 2.64. The molecule has 1 saturated heterocycles. The first-order valence-electron chi connectivity index (χ1n) is 8.43. The Bertz CT molecular complexity index is 700. The van der Waals surface area contributed by atoms with E-state index in [1.165, 1.54) is 12.1 Å². The fraction of sp³-hybridized carbons (Fsp3) is 0.316. The van der Waals surface area contributed by atoms with Crippen LogP contribution in [0.1, 0.15) is 5.56 Å². The van der Waals surface area contributed by atoms with E-state index in [-0.39, 0.29) is 11.8 Å². The standard InChI is InChI=1S/C19H22FN3O2/c20-16-7-5-15(6-8-16)9-10-21-19(24)22-17-3-1-2-4-18(17)23-11-13-25-14-12-23/h1-8H,9-14H2,(H2,21,22,24). The van der Waals surface area contributed by atoms with Crippen LogP contribution in [-0.2, 0) is 11.2 Å². The van der Waals surface area contributed by atoms with Crippen molar-refractivity contribution in [3.05, 3.63) is 59.9 Å². The number of carbonyl (C=O) groups is 1. The van der Waals surface area contributed by atoms with Crippen molar-refractivity contribution in [2.24, 2.45) is 0 Å². The normalized spacial score (nSPS) is 14.2. The zero-order valence-corrected chi connectivity index (χ0v) is 14.0. The van der Waals surface area contributed by atoms with Gasteiger partial charge in [0.1, 0.15) is 5.82 Å². The zero-order chi connectivity index (χ0) is 17.5. The van der Waals surface area contributed by atoms with E-state index < -0.39 is 0 Å². The fourth-order valence-corrected chi connectivity index (χ4v) is 2.80. The summed E-state index contributed by atoms with van der Waals surface area (Å²) in [6.07, 6.45) is 0.652. The van der Waals surface area contributed by atoms with Crippen LogP contribution in [0.4, 0.5) is 20.6 Å². The van der Waals surface area contributed by atoms with E-state index in [0.717, 1.165) is 30.0 Å². The SMILES string of the molecule is O=C(NCCc1ccc(F)cc1)Nc1ccccc1N1CCOCC1. The summed E-state index contributed by atoms with van der Waals surface area (Å²) in [5.74, 6) is -0.255. The number of benzene rings is 2. The van der Waals surface area contributed by atoms with Gasteiger partial charge in [-0.1, -0.05) is 24.3 Å². The van der Waals surface area contributed by atoms with Gasteiger partial charge in [0, 0.05) is 19.6 Å². The minimum Gasteiger partial charge on any atom is -0.378 e. The predicted molar refractivity (Wildman–Crippen MR) is 96.6 cm³/mol. The van der Waals surface area contributed by atoms with Gasteiger partial charge in [-0.25, -0.2) is 9.18 Å². The Labute approximate surface area is 146 Å². The molecule has 0 spiro atoms. The summed E-state index contributed by atoms with van der Waals surface area (Å²) < 4.78 is 18.3. The third-order valence-electron chi connectivity index (χ3n) is 4.12. The summed E-state index contributed by atoms with van der Waals surface area (Å²) >= 11 is 0. The van der Waals surface area contributed by atoms with Crippen molar-refractivity contribution >= 4 is 17.4 Å². The Morgan fingerprint density at radius 2 is 1.80 bits per heavy atom. The number of nitrogens with zero attached hydrogens (tertiary/aromatic N) is 1. The molecule has 0 aliphatic carbocycles. The van der Waals surface area contributed by atoms with Gasteiger partial charge in [0.15, 0.2) is 0 Å². The Kier molecular flexibility index (Phi) is 5.85. The van der Waals surface area contributed by atoms with Crippen LogP contribution < -0.4 is 15.5 Å². The number of nitrogens with one attached hydrogen (secondary N) is 2. The van der Waals surface area contributed by atoms with Crippen LogP contribution in [0.25, 0.3) is 0 Å². The molecule has 1 fully saturated rings. The van der Waals surface area contributed by atoms with E-state index >= 15 is 0 Å². The van der Waals surface area contributed by atoms with Gasteiger partial charge < -0.3 is 20.3 Å². The second kappa shape index (κ2) is 8.48. The summed E-state index contributed by atoms with van der Waals surface area (Å²) in [6, 6.07) is 13.8. The summed E-state index contributed by atoms with van der Waals surface area (Å²) in [5, 5.41) is 5.75. The highest BCUT2D eigenvalue weighted by Gasteiger charge is 2.15. The van der Waals surface area contributed by atoms with Gasteiger partial charge in [0.25, 0.3) is 0 Å². The lowest BCUT2D eigenvalue weighted by atomic mass is 10.1. The molecule has 0 saturated carbocycles. The number of anilines is 2. The van der Waals surface area contributed by atoms with Gasteiger partial charge in [-0.2, -0.15) is 0 Å². The molecule has 2 N–H and O–H groups in total. The molecule has 0 bridgehead atoms. The number of hydrogen-bond acceptors (Lipinski definition) is 3. The van der Waals surface area contributed by atoms with E-state index in [4.69, 9.17) is 4.74 Å². The number of rotatable bonds is 5. The van der Waals surface area contributed by atoms with Crippen molar-refractivity contribution in [1.82, 2.24) is 5.32 Å². The molecule has 2 aromatic carbocycles. The van der Waals surface area contributed by atoms with Crippen LogP contribution in [0.2, 0.25) is 0 Å². The first kappa shape index (κ1) is 17.2. The van der Waals surface area contributed by atoms with Crippen LogP contribution >= 0.6 is 0 Å². The summed E-state index contributed by atoms with van der Waals surface area (Å²) in [5.41, 5.74) is 2.76. The molecule has 1 aliphatic heterocycles.